The second-order valence-corrected chi connectivity index (χ2v) is 6.41. The van der Waals surface area contributed by atoms with Gasteiger partial charge in [-0.25, -0.2) is 4.79 Å². The van der Waals surface area contributed by atoms with Crippen molar-refractivity contribution in [3.8, 4) is 0 Å². The Labute approximate surface area is 133 Å². The van der Waals surface area contributed by atoms with Gasteiger partial charge in [-0.1, -0.05) is 41.5 Å². The Morgan fingerprint density at radius 2 is 1.95 bits per heavy atom. The van der Waals surface area contributed by atoms with E-state index in [1.54, 1.807) is 0 Å². The Hall–Kier alpha value is -1.83. The Morgan fingerprint density at radius 3 is 2.68 bits per heavy atom. The molecule has 1 atom stereocenters. The van der Waals surface area contributed by atoms with E-state index in [4.69, 9.17) is 4.74 Å². The molecule has 2 rings (SSSR count). The summed E-state index contributed by atoms with van der Waals surface area (Å²) < 4.78 is 5.46. The Bertz CT molecular complexity index is 585. The van der Waals surface area contributed by atoms with E-state index in [0.717, 1.165) is 43.3 Å². The van der Waals surface area contributed by atoms with E-state index in [9.17, 15) is 4.79 Å². The molecular weight excluding hydrogens is 272 g/mol. The number of allylic oxidation sites excluding steroid dienone is 6. The monoisotopic (exact) mass is 298 g/mol. The van der Waals surface area contributed by atoms with Crippen LogP contribution >= 0.6 is 0 Å². The predicted octanol–water partition coefficient (Wildman–Crippen LogP) is 5.20. The van der Waals surface area contributed by atoms with E-state index in [1.807, 2.05) is 13.0 Å². The molecular formula is C20H26O2. The van der Waals surface area contributed by atoms with Crippen molar-refractivity contribution in [2.75, 3.05) is 0 Å². The lowest BCUT2D eigenvalue weighted by atomic mass is 9.97. The molecule has 0 saturated heterocycles. The SMILES string of the molecule is C=C(C)/C1=C\C=C(\C)CC/C=C(\C)C[C@@H]2C=C(CC1)C(=O)O2. The van der Waals surface area contributed by atoms with Crippen molar-refractivity contribution in [2.24, 2.45) is 0 Å². The minimum Gasteiger partial charge on any atom is -0.454 e. The van der Waals surface area contributed by atoms with Gasteiger partial charge in [0, 0.05) is 12.0 Å². The van der Waals surface area contributed by atoms with Crippen LogP contribution in [0.15, 0.2) is 58.7 Å². The number of esters is 1. The fraction of sp³-hybridized carbons (Fsp3) is 0.450. The van der Waals surface area contributed by atoms with Crippen LogP contribution in [-0.2, 0) is 9.53 Å². The standard InChI is InChI=1S/C20H26O2/c1-14(2)17-9-8-15(3)6-5-7-16(4)12-19-13-18(11-10-17)20(21)22-19/h7-9,13,19H,1,5-6,10-12H2,2-4H3/b15-8-,16-7+,17-9-/t19-/m1/s1. The molecule has 0 amide bonds. The van der Waals surface area contributed by atoms with Crippen LogP contribution in [0.1, 0.15) is 52.9 Å². The smallest absolute Gasteiger partial charge is 0.334 e. The van der Waals surface area contributed by atoms with E-state index in [1.165, 1.54) is 16.7 Å². The summed E-state index contributed by atoms with van der Waals surface area (Å²) in [6.45, 7) is 10.4. The van der Waals surface area contributed by atoms with Crippen molar-refractivity contribution in [1.29, 1.82) is 0 Å². The zero-order valence-corrected chi connectivity index (χ0v) is 13.9. The molecule has 2 bridgehead atoms. The molecule has 0 spiro atoms. The summed E-state index contributed by atoms with van der Waals surface area (Å²) in [5.41, 5.74) is 5.74. The molecule has 0 aromatic heterocycles. The number of ether oxygens (including phenoxy) is 1. The summed E-state index contributed by atoms with van der Waals surface area (Å²) in [7, 11) is 0. The van der Waals surface area contributed by atoms with E-state index in [-0.39, 0.29) is 12.1 Å². The van der Waals surface area contributed by atoms with Crippen LogP contribution < -0.4 is 0 Å². The average Bonchev–Trinajstić information content (AvgIpc) is 2.77. The number of rotatable bonds is 1. The molecule has 118 valence electrons. The Kier molecular flexibility index (Phi) is 5.59. The highest BCUT2D eigenvalue weighted by Gasteiger charge is 2.25. The first-order valence-electron chi connectivity index (χ1n) is 8.05. The summed E-state index contributed by atoms with van der Waals surface area (Å²) in [5.74, 6) is -0.152. The third-order valence-electron chi connectivity index (χ3n) is 4.24. The summed E-state index contributed by atoms with van der Waals surface area (Å²) in [5, 5.41) is 0. The number of fused-ring (bicyclic) bond motifs is 1. The Balaban J connectivity index is 2.25. The predicted molar refractivity (Wildman–Crippen MR) is 91.5 cm³/mol. The van der Waals surface area contributed by atoms with Crippen LogP contribution in [0.2, 0.25) is 0 Å². The molecule has 22 heavy (non-hydrogen) atoms. The maximum atomic E-state index is 12.0. The summed E-state index contributed by atoms with van der Waals surface area (Å²) in [6.07, 6.45) is 13.0. The second kappa shape index (κ2) is 7.44. The van der Waals surface area contributed by atoms with Crippen LogP contribution in [0, 0.1) is 0 Å². The largest absolute Gasteiger partial charge is 0.454 e. The number of hydrogen-bond acceptors (Lipinski definition) is 2. The third kappa shape index (κ3) is 4.59. The third-order valence-corrected chi connectivity index (χ3v) is 4.24. The lowest BCUT2D eigenvalue weighted by Crippen LogP contribution is -2.08. The molecule has 2 heteroatoms. The molecule has 2 aliphatic rings. The van der Waals surface area contributed by atoms with Crippen LogP contribution in [0.5, 0.6) is 0 Å². The summed E-state index contributed by atoms with van der Waals surface area (Å²) in [4.78, 5) is 12.0. The van der Waals surface area contributed by atoms with Crippen molar-refractivity contribution < 1.29 is 9.53 Å². The van der Waals surface area contributed by atoms with E-state index < -0.39 is 0 Å². The van der Waals surface area contributed by atoms with Gasteiger partial charge in [0.05, 0.1) is 0 Å². The highest BCUT2D eigenvalue weighted by atomic mass is 16.5. The number of carbonyl (C=O) groups excluding carboxylic acids is 1. The molecule has 0 unspecified atom stereocenters. The van der Waals surface area contributed by atoms with Crippen LogP contribution in [0.4, 0.5) is 0 Å². The first-order chi connectivity index (χ1) is 10.5. The van der Waals surface area contributed by atoms with Gasteiger partial charge in [0.25, 0.3) is 0 Å². The van der Waals surface area contributed by atoms with Gasteiger partial charge in [-0.05, 0) is 58.1 Å². The van der Waals surface area contributed by atoms with Gasteiger partial charge in [0.2, 0.25) is 0 Å². The molecule has 1 aliphatic heterocycles. The molecule has 1 heterocycles. The van der Waals surface area contributed by atoms with Gasteiger partial charge in [-0.15, -0.1) is 0 Å². The second-order valence-electron chi connectivity index (χ2n) is 6.41. The first kappa shape index (κ1) is 16.5. The van der Waals surface area contributed by atoms with Crippen molar-refractivity contribution in [2.45, 2.75) is 59.0 Å². The average molecular weight is 298 g/mol. The van der Waals surface area contributed by atoms with Crippen LogP contribution in [0.25, 0.3) is 0 Å². The molecule has 0 fully saturated rings. The van der Waals surface area contributed by atoms with Gasteiger partial charge in [-0.3, -0.25) is 0 Å². The first-order valence-corrected chi connectivity index (χ1v) is 8.05. The lowest BCUT2D eigenvalue weighted by Gasteiger charge is -2.08. The molecule has 2 nitrogen and oxygen atoms in total. The molecule has 0 saturated carbocycles. The molecule has 0 aromatic carbocycles. The molecule has 1 aliphatic carbocycles. The molecule has 0 N–H and O–H groups in total. The Morgan fingerprint density at radius 1 is 1.18 bits per heavy atom. The quantitative estimate of drug-likeness (QED) is 0.491. The zero-order valence-electron chi connectivity index (χ0n) is 13.9. The van der Waals surface area contributed by atoms with Gasteiger partial charge >= 0.3 is 5.97 Å². The number of hydrogen-bond donors (Lipinski definition) is 0. The lowest BCUT2D eigenvalue weighted by molar-refractivity contribution is -0.139. The van der Waals surface area contributed by atoms with E-state index in [0.29, 0.717) is 0 Å². The summed E-state index contributed by atoms with van der Waals surface area (Å²) in [6, 6.07) is 0. The summed E-state index contributed by atoms with van der Waals surface area (Å²) >= 11 is 0. The minimum atomic E-state index is -0.152. The molecule has 0 aromatic rings. The fourth-order valence-corrected chi connectivity index (χ4v) is 2.81. The van der Waals surface area contributed by atoms with Crippen molar-refractivity contribution >= 4 is 5.97 Å². The highest BCUT2D eigenvalue weighted by molar-refractivity contribution is 5.91. The molecule has 0 radical (unpaired) electrons. The highest BCUT2D eigenvalue weighted by Crippen LogP contribution is 2.26. The van der Waals surface area contributed by atoms with Crippen LogP contribution in [-0.4, -0.2) is 12.1 Å². The zero-order chi connectivity index (χ0) is 16.1. The van der Waals surface area contributed by atoms with Crippen molar-refractivity contribution in [1.82, 2.24) is 0 Å². The van der Waals surface area contributed by atoms with Gasteiger partial charge in [0.1, 0.15) is 6.10 Å². The van der Waals surface area contributed by atoms with Gasteiger partial charge in [0.15, 0.2) is 0 Å². The number of carbonyl (C=O) groups is 1. The van der Waals surface area contributed by atoms with Crippen LogP contribution in [0.3, 0.4) is 0 Å². The van der Waals surface area contributed by atoms with Crippen molar-refractivity contribution in [3.63, 3.8) is 0 Å². The van der Waals surface area contributed by atoms with Gasteiger partial charge < -0.3 is 4.74 Å². The maximum absolute atomic E-state index is 12.0. The normalized spacial score (nSPS) is 30.7. The van der Waals surface area contributed by atoms with Gasteiger partial charge in [-0.2, -0.15) is 0 Å². The van der Waals surface area contributed by atoms with E-state index >= 15 is 0 Å². The topological polar surface area (TPSA) is 26.3 Å². The van der Waals surface area contributed by atoms with E-state index in [2.05, 4.69) is 38.7 Å². The van der Waals surface area contributed by atoms with Crippen molar-refractivity contribution in [3.05, 3.63) is 58.7 Å². The fourth-order valence-electron chi connectivity index (χ4n) is 2.81. The maximum Gasteiger partial charge on any atom is 0.334 e. The minimum absolute atomic E-state index is 0.0874.